The zero-order valence-corrected chi connectivity index (χ0v) is 13.7. The number of benzene rings is 2. The monoisotopic (exact) mass is 341 g/mol. The van der Waals surface area contributed by atoms with Gasteiger partial charge in [0, 0.05) is 24.5 Å². The summed E-state index contributed by atoms with van der Waals surface area (Å²) in [5, 5.41) is 4.01. The summed E-state index contributed by atoms with van der Waals surface area (Å²) < 4.78 is 1.46. The van der Waals surface area contributed by atoms with Crippen molar-refractivity contribution in [2.75, 3.05) is 0 Å². The van der Waals surface area contributed by atoms with Gasteiger partial charge in [-0.05, 0) is 29.8 Å². The molecule has 1 heterocycles. The number of carbonyl (C=O) groups is 1. The van der Waals surface area contributed by atoms with Crippen molar-refractivity contribution in [3.05, 3.63) is 75.8 Å². The van der Waals surface area contributed by atoms with Crippen LogP contribution in [0.2, 0.25) is 5.02 Å². The SMILES string of the molecule is O=C(CCn1cnc2ccccc2c1=O)NCc1cccc(Cl)c1. The number of rotatable bonds is 5. The second-order valence-electron chi connectivity index (χ2n) is 5.42. The molecule has 0 aliphatic carbocycles. The number of fused-ring (bicyclic) bond motifs is 1. The number of nitrogens with one attached hydrogen (secondary N) is 1. The summed E-state index contributed by atoms with van der Waals surface area (Å²) in [5.74, 6) is -0.130. The molecule has 5 nitrogen and oxygen atoms in total. The lowest BCUT2D eigenvalue weighted by molar-refractivity contribution is -0.121. The van der Waals surface area contributed by atoms with E-state index in [-0.39, 0.29) is 24.4 Å². The fourth-order valence-electron chi connectivity index (χ4n) is 2.42. The third-order valence-electron chi connectivity index (χ3n) is 3.69. The number of amides is 1. The van der Waals surface area contributed by atoms with Crippen molar-refractivity contribution in [3.8, 4) is 0 Å². The third kappa shape index (κ3) is 3.81. The molecule has 0 saturated heterocycles. The summed E-state index contributed by atoms with van der Waals surface area (Å²) in [7, 11) is 0. The molecule has 0 aliphatic heterocycles. The van der Waals surface area contributed by atoms with Crippen molar-refractivity contribution in [1.29, 1.82) is 0 Å². The summed E-state index contributed by atoms with van der Waals surface area (Å²) in [6.07, 6.45) is 1.69. The van der Waals surface area contributed by atoms with Gasteiger partial charge in [0.05, 0.1) is 17.2 Å². The van der Waals surface area contributed by atoms with Gasteiger partial charge >= 0.3 is 0 Å². The highest BCUT2D eigenvalue weighted by molar-refractivity contribution is 6.30. The zero-order chi connectivity index (χ0) is 16.9. The molecule has 122 valence electrons. The number of para-hydroxylation sites is 1. The van der Waals surface area contributed by atoms with E-state index < -0.39 is 0 Å². The van der Waals surface area contributed by atoms with Gasteiger partial charge in [0.2, 0.25) is 5.91 Å². The van der Waals surface area contributed by atoms with Gasteiger partial charge in [0.25, 0.3) is 5.56 Å². The number of hydrogen-bond donors (Lipinski definition) is 1. The van der Waals surface area contributed by atoms with Gasteiger partial charge in [-0.3, -0.25) is 14.2 Å². The molecule has 0 atom stereocenters. The molecule has 0 bridgehead atoms. The lowest BCUT2D eigenvalue weighted by Gasteiger charge is -2.08. The zero-order valence-electron chi connectivity index (χ0n) is 12.9. The highest BCUT2D eigenvalue weighted by Gasteiger charge is 2.06. The Kier molecular flexibility index (Phi) is 4.91. The summed E-state index contributed by atoms with van der Waals surface area (Å²) in [4.78, 5) is 28.5. The lowest BCUT2D eigenvalue weighted by Crippen LogP contribution is -2.27. The molecule has 0 spiro atoms. The molecule has 6 heteroatoms. The van der Waals surface area contributed by atoms with Crippen molar-refractivity contribution in [1.82, 2.24) is 14.9 Å². The maximum absolute atomic E-state index is 12.3. The van der Waals surface area contributed by atoms with E-state index in [4.69, 9.17) is 11.6 Å². The number of hydrogen-bond acceptors (Lipinski definition) is 3. The van der Waals surface area contributed by atoms with E-state index in [2.05, 4.69) is 10.3 Å². The Morgan fingerprint density at radius 1 is 1.17 bits per heavy atom. The standard InChI is InChI=1S/C18H16ClN3O2/c19-14-5-3-4-13(10-14)11-20-17(23)8-9-22-12-21-16-7-2-1-6-15(16)18(22)24/h1-7,10,12H,8-9,11H2,(H,20,23). The van der Waals surface area contributed by atoms with Gasteiger partial charge in [-0.1, -0.05) is 35.9 Å². The predicted molar refractivity (Wildman–Crippen MR) is 93.9 cm³/mol. The van der Waals surface area contributed by atoms with E-state index in [1.807, 2.05) is 18.2 Å². The Labute approximate surface area is 143 Å². The average Bonchev–Trinajstić information content (AvgIpc) is 2.60. The molecule has 0 radical (unpaired) electrons. The van der Waals surface area contributed by atoms with Gasteiger partial charge in [0.1, 0.15) is 0 Å². The Bertz CT molecular complexity index is 937. The first-order valence-electron chi connectivity index (χ1n) is 7.59. The quantitative estimate of drug-likeness (QED) is 0.776. The number of aromatic nitrogens is 2. The van der Waals surface area contributed by atoms with Gasteiger partial charge in [-0.2, -0.15) is 0 Å². The Hall–Kier alpha value is -2.66. The van der Waals surface area contributed by atoms with Gasteiger partial charge in [-0.25, -0.2) is 4.98 Å². The molecule has 3 rings (SSSR count). The van der Waals surface area contributed by atoms with Crippen LogP contribution in [0.15, 0.2) is 59.7 Å². The Morgan fingerprint density at radius 2 is 2.00 bits per heavy atom. The smallest absolute Gasteiger partial charge is 0.261 e. The largest absolute Gasteiger partial charge is 0.352 e. The first-order valence-corrected chi connectivity index (χ1v) is 7.96. The second-order valence-corrected chi connectivity index (χ2v) is 5.85. The van der Waals surface area contributed by atoms with Crippen molar-refractivity contribution < 1.29 is 4.79 Å². The molecule has 1 amide bonds. The molecule has 0 fully saturated rings. The fourth-order valence-corrected chi connectivity index (χ4v) is 2.64. The minimum atomic E-state index is -0.136. The molecule has 0 aliphatic rings. The molecular weight excluding hydrogens is 326 g/mol. The van der Waals surface area contributed by atoms with E-state index in [0.717, 1.165) is 5.56 Å². The summed E-state index contributed by atoms with van der Waals surface area (Å²) in [6.45, 7) is 0.697. The van der Waals surface area contributed by atoms with Crippen LogP contribution in [-0.2, 0) is 17.9 Å². The highest BCUT2D eigenvalue weighted by Crippen LogP contribution is 2.10. The summed E-state index contributed by atoms with van der Waals surface area (Å²) >= 11 is 5.91. The summed E-state index contributed by atoms with van der Waals surface area (Å²) in [5.41, 5.74) is 1.45. The Balaban J connectivity index is 1.60. The van der Waals surface area contributed by atoms with Gasteiger partial charge in [-0.15, -0.1) is 0 Å². The van der Waals surface area contributed by atoms with Crippen molar-refractivity contribution >= 4 is 28.4 Å². The molecule has 1 aromatic heterocycles. The van der Waals surface area contributed by atoms with Crippen LogP contribution in [-0.4, -0.2) is 15.5 Å². The maximum atomic E-state index is 12.3. The van der Waals surface area contributed by atoms with Gasteiger partial charge in [0.15, 0.2) is 0 Å². The molecule has 2 aromatic carbocycles. The van der Waals surface area contributed by atoms with Crippen LogP contribution in [0.1, 0.15) is 12.0 Å². The first kappa shape index (κ1) is 16.2. The van der Waals surface area contributed by atoms with Crippen LogP contribution in [0.3, 0.4) is 0 Å². The molecule has 0 unspecified atom stereocenters. The van der Waals surface area contributed by atoms with Crippen molar-refractivity contribution in [3.63, 3.8) is 0 Å². The van der Waals surface area contributed by atoms with E-state index in [0.29, 0.717) is 22.5 Å². The van der Waals surface area contributed by atoms with Crippen molar-refractivity contribution in [2.45, 2.75) is 19.5 Å². The van der Waals surface area contributed by atoms with Crippen LogP contribution in [0.5, 0.6) is 0 Å². The molecule has 3 aromatic rings. The van der Waals surface area contributed by atoms with Crippen LogP contribution >= 0.6 is 11.6 Å². The van der Waals surface area contributed by atoms with Gasteiger partial charge < -0.3 is 5.32 Å². The van der Waals surface area contributed by atoms with E-state index >= 15 is 0 Å². The Morgan fingerprint density at radius 3 is 2.83 bits per heavy atom. The van der Waals surface area contributed by atoms with Crippen LogP contribution in [0.4, 0.5) is 0 Å². The number of halogens is 1. The van der Waals surface area contributed by atoms with E-state index in [9.17, 15) is 9.59 Å². The highest BCUT2D eigenvalue weighted by atomic mass is 35.5. The van der Waals surface area contributed by atoms with Crippen LogP contribution in [0.25, 0.3) is 10.9 Å². The molecule has 1 N–H and O–H groups in total. The maximum Gasteiger partial charge on any atom is 0.261 e. The third-order valence-corrected chi connectivity index (χ3v) is 3.93. The van der Waals surface area contributed by atoms with Crippen LogP contribution in [0, 0.1) is 0 Å². The topological polar surface area (TPSA) is 64.0 Å². The minimum Gasteiger partial charge on any atom is -0.352 e. The first-order chi connectivity index (χ1) is 11.6. The number of carbonyl (C=O) groups excluding carboxylic acids is 1. The normalized spacial score (nSPS) is 10.7. The second kappa shape index (κ2) is 7.27. The molecular formula is C18H16ClN3O2. The lowest BCUT2D eigenvalue weighted by atomic mass is 10.2. The molecule has 24 heavy (non-hydrogen) atoms. The number of aryl methyl sites for hydroxylation is 1. The average molecular weight is 342 g/mol. The summed E-state index contributed by atoms with van der Waals surface area (Å²) in [6, 6.07) is 14.5. The van der Waals surface area contributed by atoms with Crippen LogP contribution < -0.4 is 10.9 Å². The fraction of sp³-hybridized carbons (Fsp3) is 0.167. The number of nitrogens with zero attached hydrogens (tertiary/aromatic N) is 2. The molecule has 0 saturated carbocycles. The van der Waals surface area contributed by atoms with Crippen molar-refractivity contribution in [2.24, 2.45) is 0 Å². The van der Waals surface area contributed by atoms with E-state index in [1.165, 1.54) is 10.9 Å². The van der Waals surface area contributed by atoms with E-state index in [1.54, 1.807) is 30.3 Å². The minimum absolute atomic E-state index is 0.130. The predicted octanol–water partition coefficient (Wildman–Crippen LogP) is 2.76.